The number of primary amides is 1. The van der Waals surface area contributed by atoms with Crippen molar-refractivity contribution in [3.8, 4) is 0 Å². The van der Waals surface area contributed by atoms with Crippen molar-refractivity contribution in [2.75, 3.05) is 6.54 Å². The molecule has 5 atom stereocenters. The lowest BCUT2D eigenvalue weighted by atomic mass is 9.99. The van der Waals surface area contributed by atoms with Crippen LogP contribution in [0.1, 0.15) is 58.9 Å². The number of carbonyl (C=O) groups excluding carboxylic acids is 6. The second kappa shape index (κ2) is 19.6. The minimum absolute atomic E-state index is 0.0205. The lowest BCUT2D eigenvalue weighted by Crippen LogP contribution is -2.58. The van der Waals surface area contributed by atoms with Crippen LogP contribution in [0.5, 0.6) is 0 Å². The molecule has 0 saturated heterocycles. The molecule has 0 fully saturated rings. The first-order valence-corrected chi connectivity index (χ1v) is 16.4. The first kappa shape index (κ1) is 41.7. The Hall–Kier alpha value is -5.52. The lowest BCUT2D eigenvalue weighted by Gasteiger charge is -2.26. The molecule has 1 aromatic carbocycles. The van der Waals surface area contributed by atoms with E-state index in [1.54, 1.807) is 40.0 Å². The fraction of sp³-hybridized carbons (Fsp3) is 0.515. The van der Waals surface area contributed by atoms with Gasteiger partial charge in [-0.05, 0) is 36.3 Å². The molecule has 18 nitrogen and oxygen atoms in total. The molecule has 1 heterocycles. The number of aliphatic carboxylic acids is 2. The van der Waals surface area contributed by atoms with Crippen LogP contribution in [-0.2, 0) is 44.8 Å². The molecule has 0 spiro atoms. The lowest BCUT2D eigenvalue weighted by molar-refractivity contribution is -0.143. The Balaban J connectivity index is 2.18. The molecule has 0 aliphatic rings. The zero-order valence-electron chi connectivity index (χ0n) is 29.0. The first-order valence-electron chi connectivity index (χ1n) is 16.4. The largest absolute Gasteiger partial charge is 0.481 e. The Morgan fingerprint density at radius 2 is 1.43 bits per heavy atom. The fourth-order valence-electron chi connectivity index (χ4n) is 5.10. The molecular formula is C33H48N8O10. The molecule has 0 aliphatic carbocycles. The summed E-state index contributed by atoms with van der Waals surface area (Å²) in [5, 5.41) is 31.8. The van der Waals surface area contributed by atoms with Gasteiger partial charge in [-0.3, -0.25) is 33.6 Å². The van der Waals surface area contributed by atoms with E-state index in [1.807, 2.05) is 18.2 Å². The maximum atomic E-state index is 13.6. The molecule has 12 N–H and O–H groups in total. The zero-order chi connectivity index (χ0) is 38.4. The molecule has 0 bridgehead atoms. The van der Waals surface area contributed by atoms with Gasteiger partial charge in [-0.1, -0.05) is 45.9 Å². The summed E-state index contributed by atoms with van der Waals surface area (Å²) >= 11 is 0. The first-order chi connectivity index (χ1) is 23.9. The summed E-state index contributed by atoms with van der Waals surface area (Å²) in [6.07, 6.45) is 0.589. The van der Waals surface area contributed by atoms with E-state index in [-0.39, 0.29) is 31.6 Å². The van der Waals surface area contributed by atoms with Crippen LogP contribution in [0.2, 0.25) is 0 Å². The molecule has 0 saturated carbocycles. The number of fused-ring (bicyclic) bond motifs is 1. The van der Waals surface area contributed by atoms with Crippen LogP contribution in [0.4, 0.5) is 0 Å². The average molecular weight is 717 g/mol. The second-order valence-electron chi connectivity index (χ2n) is 12.9. The molecule has 2 rings (SSSR count). The van der Waals surface area contributed by atoms with E-state index in [4.69, 9.17) is 11.5 Å². The number of para-hydroxylation sites is 1. The van der Waals surface area contributed by atoms with E-state index in [0.29, 0.717) is 5.56 Å². The highest BCUT2D eigenvalue weighted by atomic mass is 16.4. The number of carboxylic acids is 2. The number of nitrogens with one attached hydrogen (secondary N) is 6. The van der Waals surface area contributed by atoms with Gasteiger partial charge in [-0.25, -0.2) is 4.79 Å². The van der Waals surface area contributed by atoms with Crippen molar-refractivity contribution in [3.63, 3.8) is 0 Å². The van der Waals surface area contributed by atoms with Crippen molar-refractivity contribution in [1.82, 2.24) is 31.6 Å². The average Bonchev–Trinajstić information content (AvgIpc) is 3.45. The summed E-state index contributed by atoms with van der Waals surface area (Å²) in [5.74, 6) is -8.28. The molecule has 0 aliphatic heterocycles. The molecule has 0 unspecified atom stereocenters. The van der Waals surface area contributed by atoms with Gasteiger partial charge in [0.1, 0.15) is 24.2 Å². The summed E-state index contributed by atoms with van der Waals surface area (Å²) < 4.78 is 0. The Morgan fingerprint density at radius 1 is 0.804 bits per heavy atom. The van der Waals surface area contributed by atoms with Gasteiger partial charge in [0.05, 0.1) is 19.0 Å². The molecule has 6 amide bonds. The molecule has 2 aromatic rings. The van der Waals surface area contributed by atoms with Crippen molar-refractivity contribution in [3.05, 3.63) is 36.0 Å². The van der Waals surface area contributed by atoms with Gasteiger partial charge < -0.3 is 53.2 Å². The number of benzene rings is 1. The van der Waals surface area contributed by atoms with Crippen LogP contribution >= 0.6 is 0 Å². The number of hydrogen-bond donors (Lipinski definition) is 10. The normalized spacial score (nSPS) is 14.1. The quantitative estimate of drug-likeness (QED) is 0.0718. The Bertz CT molecular complexity index is 1590. The minimum atomic E-state index is -1.62. The van der Waals surface area contributed by atoms with Crippen molar-refractivity contribution in [1.29, 1.82) is 0 Å². The number of amides is 6. The highest BCUT2D eigenvalue weighted by molar-refractivity contribution is 5.96. The third-order valence-corrected chi connectivity index (χ3v) is 7.79. The van der Waals surface area contributed by atoms with E-state index in [2.05, 4.69) is 31.6 Å². The Kier molecular flexibility index (Phi) is 16.0. The van der Waals surface area contributed by atoms with Gasteiger partial charge in [0.15, 0.2) is 0 Å². The molecular weight excluding hydrogens is 668 g/mol. The highest BCUT2D eigenvalue weighted by Crippen LogP contribution is 2.20. The van der Waals surface area contributed by atoms with Gasteiger partial charge in [-0.15, -0.1) is 0 Å². The smallest absolute Gasteiger partial charge is 0.326 e. The van der Waals surface area contributed by atoms with Crippen LogP contribution in [-0.4, -0.2) is 99.3 Å². The third kappa shape index (κ3) is 13.7. The SMILES string of the molecule is CC(C)C[C@H](NC(=O)[C@H](Cc1c[nH]c2ccccc12)NC(=O)[C@@H](NC(=O)CNC(=O)[C@H](CC(=O)O)NC(=O)[C@@H](N)CCC(N)=O)C(C)C)C(=O)O. The number of hydrogen-bond acceptors (Lipinski definition) is 9. The van der Waals surface area contributed by atoms with E-state index in [0.717, 1.165) is 10.9 Å². The van der Waals surface area contributed by atoms with E-state index in [1.165, 1.54) is 0 Å². The van der Waals surface area contributed by atoms with E-state index >= 15 is 0 Å². The van der Waals surface area contributed by atoms with E-state index in [9.17, 15) is 48.6 Å². The van der Waals surface area contributed by atoms with Gasteiger partial charge in [0.25, 0.3) is 0 Å². The number of carbonyl (C=O) groups is 8. The van der Waals surface area contributed by atoms with Crippen molar-refractivity contribution in [2.24, 2.45) is 23.3 Å². The summed E-state index contributed by atoms with van der Waals surface area (Å²) in [4.78, 5) is 103. The molecule has 280 valence electrons. The van der Waals surface area contributed by atoms with Crippen molar-refractivity contribution >= 4 is 58.3 Å². The predicted molar refractivity (Wildman–Crippen MR) is 183 cm³/mol. The number of aromatic amines is 1. The topological polar surface area (TPSA) is 305 Å². The Morgan fingerprint density at radius 3 is 2.02 bits per heavy atom. The Labute approximate surface area is 294 Å². The second-order valence-corrected chi connectivity index (χ2v) is 12.9. The molecule has 1 aromatic heterocycles. The zero-order valence-corrected chi connectivity index (χ0v) is 29.0. The maximum absolute atomic E-state index is 13.6. The predicted octanol–water partition coefficient (Wildman–Crippen LogP) is -1.38. The van der Waals surface area contributed by atoms with Gasteiger partial charge >= 0.3 is 11.9 Å². The molecule has 51 heavy (non-hydrogen) atoms. The fourth-order valence-corrected chi connectivity index (χ4v) is 5.10. The van der Waals surface area contributed by atoms with Crippen LogP contribution in [0, 0.1) is 11.8 Å². The summed E-state index contributed by atoms with van der Waals surface area (Å²) in [6, 6.07) is 0.704. The number of aromatic nitrogens is 1. The van der Waals surface area contributed by atoms with Crippen LogP contribution in [0.25, 0.3) is 10.9 Å². The van der Waals surface area contributed by atoms with Gasteiger partial charge in [-0.2, -0.15) is 0 Å². The minimum Gasteiger partial charge on any atom is -0.481 e. The summed E-state index contributed by atoms with van der Waals surface area (Å²) in [6.45, 7) is 6.14. The number of H-pyrrole nitrogens is 1. The molecule has 18 heteroatoms. The van der Waals surface area contributed by atoms with E-state index < -0.39 is 96.5 Å². The van der Waals surface area contributed by atoms with Crippen molar-refractivity contribution in [2.45, 2.75) is 90.0 Å². The van der Waals surface area contributed by atoms with Gasteiger partial charge in [0, 0.05) is 29.9 Å². The van der Waals surface area contributed by atoms with Crippen LogP contribution in [0.15, 0.2) is 30.5 Å². The number of carboxylic acid groups (broad SMARTS) is 2. The highest BCUT2D eigenvalue weighted by Gasteiger charge is 2.32. The van der Waals surface area contributed by atoms with Crippen molar-refractivity contribution < 1.29 is 48.6 Å². The van der Waals surface area contributed by atoms with Crippen LogP contribution in [0.3, 0.4) is 0 Å². The van der Waals surface area contributed by atoms with Gasteiger partial charge in [0.2, 0.25) is 35.4 Å². The maximum Gasteiger partial charge on any atom is 0.326 e. The third-order valence-electron chi connectivity index (χ3n) is 7.79. The number of nitrogens with two attached hydrogens (primary N) is 2. The van der Waals surface area contributed by atoms with Crippen LogP contribution < -0.4 is 38.1 Å². The monoisotopic (exact) mass is 716 g/mol. The summed E-state index contributed by atoms with van der Waals surface area (Å²) in [5.41, 5.74) is 12.2. The standard InChI is InChI=1S/C33H48N8O10/c1-16(2)11-24(33(50)51)40-31(48)22(12-18-14-36-21-8-6-5-7-19(18)21)39-32(49)28(17(3)4)41-26(43)15-37-30(47)23(13-27(44)45)38-29(46)20(34)9-10-25(35)42/h5-8,14,16-17,20,22-24,28,36H,9-13,15,34H2,1-4H3,(H2,35,42)(H,37,47)(H,38,46)(H,39,49)(H,40,48)(H,41,43)(H,44,45)(H,50,51)/t20-,22-,23-,24-,28-/m0/s1. The summed E-state index contributed by atoms with van der Waals surface area (Å²) in [7, 11) is 0. The number of rotatable bonds is 21. The molecule has 0 radical (unpaired) electrons.